The van der Waals surface area contributed by atoms with Crippen molar-refractivity contribution in [3.05, 3.63) is 64.8 Å². The Morgan fingerprint density at radius 3 is 2.47 bits per heavy atom. The fraction of sp³-hybridized carbons (Fsp3) is 0.211. The molecule has 8 nitrogen and oxygen atoms in total. The summed E-state index contributed by atoms with van der Waals surface area (Å²) in [6, 6.07) is 5.09. The summed E-state index contributed by atoms with van der Waals surface area (Å²) in [5, 5.41) is 9.03. The van der Waals surface area contributed by atoms with Crippen LogP contribution >= 0.6 is 25.1 Å². The Labute approximate surface area is 192 Å². The number of anilines is 1. The number of carbonyl (C=O) groups excluding carboxylic acids is 2. The van der Waals surface area contributed by atoms with Crippen LogP contribution in [0.2, 0.25) is 5.02 Å². The summed E-state index contributed by atoms with van der Waals surface area (Å²) in [7, 11) is 0. The minimum absolute atomic E-state index is 0. The van der Waals surface area contributed by atoms with Crippen LogP contribution in [0.3, 0.4) is 0 Å². The van der Waals surface area contributed by atoms with Gasteiger partial charge in [-0.1, -0.05) is 11.6 Å². The molecule has 0 spiro atoms. The van der Waals surface area contributed by atoms with Gasteiger partial charge in [-0.3, -0.25) is 9.59 Å². The van der Waals surface area contributed by atoms with Crippen LogP contribution in [-0.2, 0) is 11.0 Å². The molecule has 3 rings (SSSR count). The van der Waals surface area contributed by atoms with Gasteiger partial charge in [-0.15, -0.1) is 0 Å². The molecule has 1 atom stereocenters. The van der Waals surface area contributed by atoms with E-state index in [1.807, 2.05) is 0 Å². The second-order valence-electron chi connectivity index (χ2n) is 6.54. The topological polar surface area (TPSA) is 102 Å². The van der Waals surface area contributed by atoms with Crippen molar-refractivity contribution in [1.29, 1.82) is 0 Å². The fourth-order valence-corrected chi connectivity index (χ4v) is 2.97. The van der Waals surface area contributed by atoms with Gasteiger partial charge in [0.1, 0.15) is 6.33 Å². The molecule has 0 saturated heterocycles. The van der Waals surface area contributed by atoms with Crippen LogP contribution in [0.15, 0.2) is 42.9 Å². The average molecular weight is 487 g/mol. The zero-order valence-corrected chi connectivity index (χ0v) is 18.5. The minimum atomic E-state index is -4.64. The highest BCUT2D eigenvalue weighted by atomic mass is 35.5. The van der Waals surface area contributed by atoms with Crippen molar-refractivity contribution in [1.82, 2.24) is 25.1 Å². The number of nitrogens with zero attached hydrogens (tertiary/aromatic N) is 4. The Morgan fingerprint density at radius 2 is 1.88 bits per heavy atom. The summed E-state index contributed by atoms with van der Waals surface area (Å²) in [4.78, 5) is 31.9. The Kier molecular flexibility index (Phi) is 7.86. The van der Waals surface area contributed by atoms with Gasteiger partial charge < -0.3 is 10.6 Å². The standard InChI is InChI=1S/C19H16ClF3N6O2.H2S/c1-10(27-18(31)12-5-13(19(21,22)23)7-14(20)6-12)17-25-9-26-29(17)16-4-3-15(8-24-16)28-11(2)30;/h3-10H,1-2H3,(H,27,31)(H,28,30);1H2/t10-;/m0./s1. The van der Waals surface area contributed by atoms with Crippen molar-refractivity contribution in [2.45, 2.75) is 26.1 Å². The van der Waals surface area contributed by atoms with Gasteiger partial charge in [0.25, 0.3) is 5.91 Å². The highest BCUT2D eigenvalue weighted by molar-refractivity contribution is 7.59. The molecular weight excluding hydrogens is 469 g/mol. The third kappa shape index (κ3) is 5.98. The van der Waals surface area contributed by atoms with E-state index in [9.17, 15) is 22.8 Å². The third-order valence-electron chi connectivity index (χ3n) is 4.08. The van der Waals surface area contributed by atoms with Crippen LogP contribution in [0.1, 0.15) is 41.6 Å². The number of halogens is 4. The second kappa shape index (κ2) is 10.0. The summed E-state index contributed by atoms with van der Waals surface area (Å²) >= 11 is 5.74. The molecule has 3 aromatic rings. The molecular formula is C19H18ClF3N6O2S. The average Bonchev–Trinajstić information content (AvgIpc) is 3.17. The molecule has 0 fully saturated rings. The first-order valence-corrected chi connectivity index (χ1v) is 9.25. The van der Waals surface area contributed by atoms with E-state index in [-0.39, 0.29) is 30.0 Å². The van der Waals surface area contributed by atoms with Crippen molar-refractivity contribution in [2.24, 2.45) is 0 Å². The second-order valence-corrected chi connectivity index (χ2v) is 6.97. The molecule has 170 valence electrons. The lowest BCUT2D eigenvalue weighted by atomic mass is 10.1. The van der Waals surface area contributed by atoms with Gasteiger partial charge >= 0.3 is 6.18 Å². The van der Waals surface area contributed by atoms with Crippen molar-refractivity contribution in [3.8, 4) is 5.82 Å². The fourth-order valence-electron chi connectivity index (χ4n) is 2.74. The van der Waals surface area contributed by atoms with Gasteiger partial charge in [-0.05, 0) is 37.3 Å². The van der Waals surface area contributed by atoms with E-state index in [0.29, 0.717) is 17.3 Å². The number of alkyl halides is 3. The molecule has 0 aliphatic heterocycles. The highest BCUT2D eigenvalue weighted by Crippen LogP contribution is 2.32. The van der Waals surface area contributed by atoms with Crippen LogP contribution in [0.25, 0.3) is 5.82 Å². The number of aromatic nitrogens is 4. The summed E-state index contributed by atoms with van der Waals surface area (Å²) in [5.74, 6) is -0.345. The Bertz CT molecular complexity index is 1120. The number of benzene rings is 1. The lowest BCUT2D eigenvalue weighted by Gasteiger charge is -2.15. The van der Waals surface area contributed by atoms with Gasteiger partial charge in [0.2, 0.25) is 5.91 Å². The summed E-state index contributed by atoms with van der Waals surface area (Å²) in [6.07, 6.45) is -1.96. The molecule has 0 bridgehead atoms. The first-order chi connectivity index (χ1) is 14.5. The third-order valence-corrected chi connectivity index (χ3v) is 4.30. The van der Waals surface area contributed by atoms with Gasteiger partial charge in [0, 0.05) is 17.5 Å². The van der Waals surface area contributed by atoms with Crippen LogP contribution < -0.4 is 10.6 Å². The maximum absolute atomic E-state index is 13.0. The van der Waals surface area contributed by atoms with Crippen molar-refractivity contribution >= 4 is 42.6 Å². The zero-order chi connectivity index (χ0) is 22.8. The quantitative estimate of drug-likeness (QED) is 0.569. The molecule has 2 aromatic heterocycles. The van der Waals surface area contributed by atoms with E-state index in [4.69, 9.17) is 11.6 Å². The Balaban J connectivity index is 0.00000363. The van der Waals surface area contributed by atoms with E-state index < -0.39 is 23.7 Å². The normalized spacial score (nSPS) is 11.9. The first-order valence-electron chi connectivity index (χ1n) is 8.87. The number of nitrogens with one attached hydrogen (secondary N) is 2. The molecule has 0 saturated carbocycles. The maximum Gasteiger partial charge on any atom is 0.416 e. The largest absolute Gasteiger partial charge is 0.416 e. The SMILES string of the molecule is CC(=O)Nc1ccc(-n2ncnc2[C@H](C)NC(=O)c2cc(Cl)cc(C(F)(F)F)c2)nc1.S. The van der Waals surface area contributed by atoms with Gasteiger partial charge in [-0.2, -0.15) is 36.4 Å². The molecule has 1 aromatic carbocycles. The number of hydrogen-bond acceptors (Lipinski definition) is 5. The van der Waals surface area contributed by atoms with Gasteiger partial charge in [0.05, 0.1) is 23.5 Å². The molecule has 32 heavy (non-hydrogen) atoms. The summed E-state index contributed by atoms with van der Waals surface area (Å²) in [6.45, 7) is 2.96. The molecule has 0 aliphatic rings. The van der Waals surface area contributed by atoms with E-state index in [1.165, 1.54) is 24.1 Å². The number of amides is 2. The van der Waals surface area contributed by atoms with Gasteiger partial charge in [0.15, 0.2) is 11.6 Å². The lowest BCUT2D eigenvalue weighted by Crippen LogP contribution is -2.29. The van der Waals surface area contributed by atoms with Crippen LogP contribution in [0, 0.1) is 0 Å². The molecule has 0 aliphatic carbocycles. The predicted octanol–water partition coefficient (Wildman–Crippen LogP) is 3.90. The van der Waals surface area contributed by atoms with E-state index >= 15 is 0 Å². The predicted molar refractivity (Wildman–Crippen MR) is 116 cm³/mol. The number of carbonyl (C=O) groups is 2. The smallest absolute Gasteiger partial charge is 0.342 e. The van der Waals surface area contributed by atoms with Crippen LogP contribution in [-0.4, -0.2) is 31.6 Å². The minimum Gasteiger partial charge on any atom is -0.342 e. The van der Waals surface area contributed by atoms with Crippen molar-refractivity contribution < 1.29 is 22.8 Å². The van der Waals surface area contributed by atoms with E-state index in [0.717, 1.165) is 18.2 Å². The Morgan fingerprint density at radius 1 is 1.16 bits per heavy atom. The number of pyridine rings is 1. The molecule has 0 radical (unpaired) electrons. The highest BCUT2D eigenvalue weighted by Gasteiger charge is 2.32. The molecule has 2 heterocycles. The summed E-state index contributed by atoms with van der Waals surface area (Å²) in [5.41, 5.74) is -0.777. The number of rotatable bonds is 5. The first kappa shape index (κ1) is 25.1. The summed E-state index contributed by atoms with van der Waals surface area (Å²) < 4.78 is 40.3. The van der Waals surface area contributed by atoms with Gasteiger partial charge in [-0.25, -0.2) is 9.97 Å². The van der Waals surface area contributed by atoms with Crippen LogP contribution in [0.4, 0.5) is 18.9 Å². The van der Waals surface area contributed by atoms with Crippen LogP contribution in [0.5, 0.6) is 0 Å². The molecule has 2 N–H and O–H groups in total. The maximum atomic E-state index is 13.0. The molecule has 13 heteroatoms. The van der Waals surface area contributed by atoms with E-state index in [1.54, 1.807) is 19.1 Å². The monoisotopic (exact) mass is 486 g/mol. The molecule has 0 unspecified atom stereocenters. The molecule has 2 amide bonds. The zero-order valence-electron chi connectivity index (χ0n) is 16.7. The van der Waals surface area contributed by atoms with Crippen molar-refractivity contribution in [2.75, 3.05) is 5.32 Å². The van der Waals surface area contributed by atoms with Crippen molar-refractivity contribution in [3.63, 3.8) is 0 Å². The number of hydrogen-bond donors (Lipinski definition) is 2. The Hall–Kier alpha value is -3.12. The van der Waals surface area contributed by atoms with E-state index in [2.05, 4.69) is 25.7 Å². The lowest BCUT2D eigenvalue weighted by molar-refractivity contribution is -0.137.